The minimum Gasteiger partial charge on any atom is -0.464 e. The Morgan fingerprint density at radius 3 is 2.38 bits per heavy atom. The van der Waals surface area contributed by atoms with E-state index in [9.17, 15) is 0 Å². The van der Waals surface area contributed by atoms with Gasteiger partial charge in [0.25, 0.3) is 0 Å². The highest BCUT2D eigenvalue weighted by molar-refractivity contribution is 5.36. The highest BCUT2D eigenvalue weighted by atomic mass is 16.5. The summed E-state index contributed by atoms with van der Waals surface area (Å²) in [6, 6.07) is 0.812. The molecule has 1 fully saturated rings. The number of anilines is 2. The summed E-state index contributed by atoms with van der Waals surface area (Å²) in [7, 11) is 0. The Labute approximate surface area is 127 Å². The highest BCUT2D eigenvalue weighted by Crippen LogP contribution is 2.35. The molecule has 0 saturated heterocycles. The zero-order chi connectivity index (χ0) is 15.3. The lowest BCUT2D eigenvalue weighted by atomic mass is 9.76. The zero-order valence-electron chi connectivity index (χ0n) is 13.6. The lowest BCUT2D eigenvalue weighted by Gasteiger charge is -2.34. The molecule has 0 spiro atoms. The van der Waals surface area contributed by atoms with E-state index >= 15 is 0 Å². The van der Waals surface area contributed by atoms with E-state index in [2.05, 4.69) is 39.4 Å². The second kappa shape index (κ2) is 6.91. The van der Waals surface area contributed by atoms with E-state index in [-0.39, 0.29) is 0 Å². The fourth-order valence-corrected chi connectivity index (χ4v) is 2.58. The second-order valence-corrected chi connectivity index (χ2v) is 6.31. The molecule has 1 saturated carbocycles. The van der Waals surface area contributed by atoms with Crippen molar-refractivity contribution in [3.8, 4) is 6.01 Å². The van der Waals surface area contributed by atoms with Gasteiger partial charge in [-0.3, -0.25) is 0 Å². The monoisotopic (exact) mass is 293 g/mol. The molecule has 6 nitrogen and oxygen atoms in total. The van der Waals surface area contributed by atoms with Crippen LogP contribution >= 0.6 is 0 Å². The van der Waals surface area contributed by atoms with Gasteiger partial charge in [0.2, 0.25) is 11.9 Å². The van der Waals surface area contributed by atoms with Gasteiger partial charge in [-0.1, -0.05) is 13.8 Å². The maximum Gasteiger partial charge on any atom is 0.323 e. The van der Waals surface area contributed by atoms with Crippen molar-refractivity contribution in [2.24, 2.45) is 5.41 Å². The van der Waals surface area contributed by atoms with E-state index < -0.39 is 0 Å². The molecule has 0 bridgehead atoms. The van der Waals surface area contributed by atoms with Gasteiger partial charge >= 0.3 is 6.01 Å². The van der Waals surface area contributed by atoms with Crippen LogP contribution in [0.2, 0.25) is 0 Å². The summed E-state index contributed by atoms with van der Waals surface area (Å²) >= 11 is 0. The Balaban J connectivity index is 2.04. The van der Waals surface area contributed by atoms with Crippen molar-refractivity contribution in [1.29, 1.82) is 0 Å². The average Bonchev–Trinajstić information content (AvgIpc) is 2.42. The van der Waals surface area contributed by atoms with Crippen molar-refractivity contribution >= 4 is 11.9 Å². The fraction of sp³-hybridized carbons (Fsp3) is 0.800. The van der Waals surface area contributed by atoms with Crippen LogP contribution < -0.4 is 15.4 Å². The van der Waals surface area contributed by atoms with Crippen molar-refractivity contribution in [2.45, 2.75) is 59.4 Å². The van der Waals surface area contributed by atoms with Gasteiger partial charge in [-0.05, 0) is 44.9 Å². The number of nitrogens with one attached hydrogen (secondary N) is 2. The number of ether oxygens (including phenoxy) is 1. The molecule has 1 aromatic rings. The predicted octanol–water partition coefficient (Wildman–Crippen LogP) is 3.08. The lowest BCUT2D eigenvalue weighted by Crippen LogP contribution is -2.30. The van der Waals surface area contributed by atoms with Gasteiger partial charge in [-0.2, -0.15) is 15.0 Å². The molecular weight excluding hydrogens is 266 g/mol. The minimum atomic E-state index is 0.377. The van der Waals surface area contributed by atoms with Crippen LogP contribution in [0.5, 0.6) is 6.01 Å². The lowest BCUT2D eigenvalue weighted by molar-refractivity contribution is 0.232. The van der Waals surface area contributed by atoms with Gasteiger partial charge in [0.15, 0.2) is 0 Å². The Hall–Kier alpha value is -1.59. The van der Waals surface area contributed by atoms with Crippen LogP contribution in [-0.2, 0) is 0 Å². The first-order chi connectivity index (χ1) is 10.0. The summed E-state index contributed by atoms with van der Waals surface area (Å²) in [5.41, 5.74) is 0.461. The summed E-state index contributed by atoms with van der Waals surface area (Å²) < 4.78 is 5.41. The van der Waals surface area contributed by atoms with Gasteiger partial charge in [-0.15, -0.1) is 0 Å². The first kappa shape index (κ1) is 15.8. The van der Waals surface area contributed by atoms with Crippen molar-refractivity contribution in [3.63, 3.8) is 0 Å². The molecule has 0 radical (unpaired) electrons. The molecule has 0 amide bonds. The second-order valence-electron chi connectivity index (χ2n) is 6.31. The van der Waals surface area contributed by atoms with Crippen molar-refractivity contribution in [1.82, 2.24) is 15.0 Å². The van der Waals surface area contributed by atoms with Gasteiger partial charge in [0.1, 0.15) is 0 Å². The van der Waals surface area contributed by atoms with E-state index in [4.69, 9.17) is 4.74 Å². The van der Waals surface area contributed by atoms with E-state index in [1.54, 1.807) is 0 Å². The molecule has 6 heteroatoms. The Morgan fingerprint density at radius 2 is 1.76 bits per heavy atom. The SMILES string of the molecule is CCNc1nc(NC2CCC(C)(C)CC2)nc(OCC)n1. The summed E-state index contributed by atoms with van der Waals surface area (Å²) in [6.07, 6.45) is 4.76. The molecule has 0 unspecified atom stereocenters. The molecule has 0 atom stereocenters. The molecule has 0 aromatic carbocycles. The third-order valence-corrected chi connectivity index (χ3v) is 3.90. The molecule has 0 aliphatic heterocycles. The third kappa shape index (κ3) is 4.72. The number of hydrogen-bond acceptors (Lipinski definition) is 6. The Bertz CT molecular complexity index is 429. The van der Waals surface area contributed by atoms with Crippen LogP contribution in [-0.4, -0.2) is 34.1 Å². The van der Waals surface area contributed by atoms with E-state index in [1.807, 2.05) is 13.8 Å². The van der Waals surface area contributed by atoms with Crippen LogP contribution in [0.3, 0.4) is 0 Å². The van der Waals surface area contributed by atoms with Crippen LogP contribution in [0.15, 0.2) is 0 Å². The maximum absolute atomic E-state index is 5.41. The average molecular weight is 293 g/mol. The standard InChI is InChI=1S/C15H27N5O/c1-5-16-12-18-13(20-14(19-12)21-6-2)17-11-7-9-15(3,4)10-8-11/h11H,5-10H2,1-4H3,(H2,16,17,18,19,20). The van der Waals surface area contributed by atoms with Crippen molar-refractivity contribution in [2.75, 3.05) is 23.8 Å². The molecule has 2 rings (SSSR count). The Kier molecular flexibility index (Phi) is 5.20. The molecule has 2 N–H and O–H groups in total. The van der Waals surface area contributed by atoms with Gasteiger partial charge in [0, 0.05) is 12.6 Å². The number of rotatable bonds is 6. The first-order valence-corrected chi connectivity index (χ1v) is 7.91. The zero-order valence-corrected chi connectivity index (χ0v) is 13.6. The summed E-state index contributed by atoms with van der Waals surface area (Å²) in [4.78, 5) is 13.0. The first-order valence-electron chi connectivity index (χ1n) is 7.91. The fourth-order valence-electron chi connectivity index (χ4n) is 2.58. The number of aromatic nitrogens is 3. The third-order valence-electron chi connectivity index (χ3n) is 3.90. The van der Waals surface area contributed by atoms with E-state index in [0.29, 0.717) is 36.0 Å². The molecular formula is C15H27N5O. The smallest absolute Gasteiger partial charge is 0.323 e. The molecule has 1 heterocycles. The summed E-state index contributed by atoms with van der Waals surface area (Å²) in [5.74, 6) is 1.17. The predicted molar refractivity (Wildman–Crippen MR) is 84.8 cm³/mol. The normalized spacial score (nSPS) is 18.3. The van der Waals surface area contributed by atoms with Crippen molar-refractivity contribution < 1.29 is 4.74 Å². The minimum absolute atomic E-state index is 0.377. The molecule has 1 aromatic heterocycles. The summed E-state index contributed by atoms with van der Waals surface area (Å²) in [6.45, 7) is 9.93. The van der Waals surface area contributed by atoms with E-state index in [0.717, 1.165) is 19.4 Å². The number of nitrogens with zero attached hydrogens (tertiary/aromatic N) is 3. The molecule has 1 aliphatic carbocycles. The molecule has 21 heavy (non-hydrogen) atoms. The van der Waals surface area contributed by atoms with Gasteiger partial charge in [-0.25, -0.2) is 0 Å². The Morgan fingerprint density at radius 1 is 1.10 bits per heavy atom. The topological polar surface area (TPSA) is 72.0 Å². The van der Waals surface area contributed by atoms with Crippen LogP contribution in [0.1, 0.15) is 53.4 Å². The van der Waals surface area contributed by atoms with Crippen LogP contribution in [0, 0.1) is 5.41 Å². The van der Waals surface area contributed by atoms with Gasteiger partial charge < -0.3 is 15.4 Å². The summed E-state index contributed by atoms with van der Waals surface area (Å²) in [5, 5.41) is 6.55. The van der Waals surface area contributed by atoms with Crippen molar-refractivity contribution in [3.05, 3.63) is 0 Å². The molecule has 118 valence electrons. The highest BCUT2D eigenvalue weighted by Gasteiger charge is 2.27. The largest absolute Gasteiger partial charge is 0.464 e. The molecule has 1 aliphatic rings. The maximum atomic E-state index is 5.41. The van der Waals surface area contributed by atoms with E-state index in [1.165, 1.54) is 12.8 Å². The van der Waals surface area contributed by atoms with Crippen LogP contribution in [0.25, 0.3) is 0 Å². The quantitative estimate of drug-likeness (QED) is 0.840. The van der Waals surface area contributed by atoms with Crippen LogP contribution in [0.4, 0.5) is 11.9 Å². The van der Waals surface area contributed by atoms with Gasteiger partial charge in [0.05, 0.1) is 6.61 Å². The number of hydrogen-bond donors (Lipinski definition) is 2.